The number of esters is 3. The van der Waals surface area contributed by atoms with Crippen molar-refractivity contribution >= 4 is 17.9 Å². The Morgan fingerprint density at radius 1 is 0.260 bits per heavy atom. The summed E-state index contributed by atoms with van der Waals surface area (Å²) >= 11 is 0. The molecule has 1 unspecified atom stereocenters. The number of carbonyl (C=O) groups is 3. The third kappa shape index (κ3) is 64.3. The van der Waals surface area contributed by atoms with Crippen LogP contribution in [0.25, 0.3) is 0 Å². The van der Waals surface area contributed by atoms with Crippen LogP contribution < -0.4 is 0 Å². The number of ether oxygens (including phenoxy) is 3. The molecule has 6 heteroatoms. The Labute approximate surface area is 480 Å². The lowest BCUT2D eigenvalue weighted by Crippen LogP contribution is -2.30. The Morgan fingerprint density at radius 2 is 0.468 bits per heavy atom. The van der Waals surface area contributed by atoms with E-state index in [1.807, 2.05) is 0 Å². The molecule has 0 saturated carbocycles. The topological polar surface area (TPSA) is 78.9 Å². The second-order valence-electron chi connectivity index (χ2n) is 23.5. The molecule has 0 aliphatic carbocycles. The minimum atomic E-state index is -0.770. The summed E-state index contributed by atoms with van der Waals surface area (Å²) in [5, 5.41) is 0. The molecule has 0 radical (unpaired) electrons. The van der Waals surface area contributed by atoms with E-state index < -0.39 is 6.10 Å². The van der Waals surface area contributed by atoms with Gasteiger partial charge in [0.25, 0.3) is 0 Å². The van der Waals surface area contributed by atoms with Gasteiger partial charge in [-0.3, -0.25) is 14.4 Å². The molecular weight excluding hydrogens is 949 g/mol. The number of unbranched alkanes of at least 4 members (excludes halogenated alkanes) is 47. The summed E-state index contributed by atoms with van der Waals surface area (Å²) in [7, 11) is 0. The highest BCUT2D eigenvalue weighted by molar-refractivity contribution is 5.71. The minimum absolute atomic E-state index is 0.0673. The van der Waals surface area contributed by atoms with E-state index in [4.69, 9.17) is 14.2 Å². The second kappa shape index (κ2) is 66.1. The van der Waals surface area contributed by atoms with Crippen molar-refractivity contribution < 1.29 is 28.6 Å². The summed E-state index contributed by atoms with van der Waals surface area (Å²) in [6.07, 6.45) is 81.6. The van der Waals surface area contributed by atoms with Crippen molar-refractivity contribution in [2.75, 3.05) is 13.2 Å². The number of hydrogen-bond acceptors (Lipinski definition) is 6. The maximum atomic E-state index is 12.9. The Hall–Kier alpha value is -2.37. The Balaban J connectivity index is 4.23. The third-order valence-corrected chi connectivity index (χ3v) is 15.6. The Morgan fingerprint density at radius 3 is 0.727 bits per heavy atom. The van der Waals surface area contributed by atoms with E-state index in [1.54, 1.807) is 0 Å². The molecule has 0 bridgehead atoms. The highest BCUT2D eigenvalue weighted by atomic mass is 16.6. The van der Waals surface area contributed by atoms with Gasteiger partial charge in [0.15, 0.2) is 6.10 Å². The maximum absolute atomic E-state index is 12.9. The van der Waals surface area contributed by atoms with Gasteiger partial charge in [-0.05, 0) is 57.8 Å². The van der Waals surface area contributed by atoms with Gasteiger partial charge >= 0.3 is 17.9 Å². The highest BCUT2D eigenvalue weighted by Crippen LogP contribution is 2.18. The Kier molecular flexibility index (Phi) is 64.1. The van der Waals surface area contributed by atoms with Gasteiger partial charge in [0.05, 0.1) is 0 Å². The predicted molar refractivity (Wildman–Crippen MR) is 335 cm³/mol. The lowest BCUT2D eigenvalue weighted by Gasteiger charge is -2.18. The average Bonchev–Trinajstić information content (AvgIpc) is 3.43. The van der Waals surface area contributed by atoms with Crippen LogP contribution in [0.5, 0.6) is 0 Å². The molecule has 0 amide bonds. The van der Waals surface area contributed by atoms with Crippen molar-refractivity contribution in [3.8, 4) is 0 Å². The molecule has 0 aliphatic rings. The van der Waals surface area contributed by atoms with Gasteiger partial charge in [-0.1, -0.05) is 340 Å². The number of rotatable bonds is 64. The standard InChI is InChI=1S/C71H132O6/c1-4-7-10-13-16-19-22-25-27-29-31-33-35-36-37-39-40-42-44-46-49-52-55-58-61-64-70(73)76-67-68(66-75-69(72)63-60-57-54-51-48-24-21-18-15-12-9-6-3)77-71(74)65-62-59-56-53-50-47-45-43-41-38-34-32-30-28-26-23-20-17-14-11-8-5-2/h22,25,29,31,35-36,68H,4-21,23-24,26-28,30,32-34,37-67H2,1-3H3/b25-22-,31-29-,36-35-. The minimum Gasteiger partial charge on any atom is -0.462 e. The molecule has 0 saturated heterocycles. The monoisotopic (exact) mass is 1080 g/mol. The summed E-state index contributed by atoms with van der Waals surface area (Å²) in [4.78, 5) is 38.4. The molecule has 0 fully saturated rings. The van der Waals surface area contributed by atoms with E-state index >= 15 is 0 Å². The van der Waals surface area contributed by atoms with E-state index in [1.165, 1.54) is 270 Å². The molecule has 0 aliphatic heterocycles. The van der Waals surface area contributed by atoms with Crippen molar-refractivity contribution in [3.63, 3.8) is 0 Å². The van der Waals surface area contributed by atoms with Gasteiger partial charge in [0.2, 0.25) is 0 Å². The number of allylic oxidation sites excluding steroid dienone is 6. The molecular formula is C71H132O6. The Bertz CT molecular complexity index is 1290. The van der Waals surface area contributed by atoms with Gasteiger partial charge in [-0.25, -0.2) is 0 Å². The second-order valence-corrected chi connectivity index (χ2v) is 23.5. The first-order chi connectivity index (χ1) is 38.0. The summed E-state index contributed by atoms with van der Waals surface area (Å²) < 4.78 is 17.0. The molecule has 0 N–H and O–H groups in total. The number of carbonyl (C=O) groups excluding carboxylic acids is 3. The lowest BCUT2D eigenvalue weighted by molar-refractivity contribution is -0.167. The molecule has 77 heavy (non-hydrogen) atoms. The predicted octanol–water partition coefficient (Wildman–Crippen LogP) is 23.6. The van der Waals surface area contributed by atoms with Gasteiger partial charge in [-0.2, -0.15) is 0 Å². The highest BCUT2D eigenvalue weighted by Gasteiger charge is 2.19. The normalized spacial score (nSPS) is 12.2. The third-order valence-electron chi connectivity index (χ3n) is 15.6. The van der Waals surface area contributed by atoms with Gasteiger partial charge in [-0.15, -0.1) is 0 Å². The van der Waals surface area contributed by atoms with Crippen LogP contribution in [0.3, 0.4) is 0 Å². The fraction of sp³-hybridized carbons (Fsp3) is 0.873. The van der Waals surface area contributed by atoms with Crippen LogP contribution >= 0.6 is 0 Å². The van der Waals surface area contributed by atoms with Crippen molar-refractivity contribution in [2.45, 2.75) is 386 Å². The van der Waals surface area contributed by atoms with Crippen molar-refractivity contribution in [1.29, 1.82) is 0 Å². The van der Waals surface area contributed by atoms with Crippen LogP contribution in [0.15, 0.2) is 36.5 Å². The quantitative estimate of drug-likeness (QED) is 0.0261. The molecule has 452 valence electrons. The molecule has 0 heterocycles. The van der Waals surface area contributed by atoms with Gasteiger partial charge in [0, 0.05) is 19.3 Å². The molecule has 0 rings (SSSR count). The lowest BCUT2D eigenvalue weighted by atomic mass is 10.0. The molecule has 1 atom stereocenters. The molecule has 0 aromatic heterocycles. The summed E-state index contributed by atoms with van der Waals surface area (Å²) in [6, 6.07) is 0. The van der Waals surface area contributed by atoms with Crippen LogP contribution in [0.4, 0.5) is 0 Å². The van der Waals surface area contributed by atoms with Crippen LogP contribution in [-0.4, -0.2) is 37.2 Å². The first-order valence-corrected chi connectivity index (χ1v) is 34.5. The fourth-order valence-electron chi connectivity index (χ4n) is 10.5. The van der Waals surface area contributed by atoms with E-state index in [2.05, 4.69) is 57.2 Å². The fourth-order valence-corrected chi connectivity index (χ4v) is 10.5. The van der Waals surface area contributed by atoms with E-state index in [0.29, 0.717) is 19.3 Å². The molecule has 0 aromatic carbocycles. The van der Waals surface area contributed by atoms with E-state index in [-0.39, 0.29) is 31.1 Å². The average molecular weight is 1080 g/mol. The first kappa shape index (κ1) is 74.6. The largest absolute Gasteiger partial charge is 0.462 e. The zero-order valence-corrected chi connectivity index (χ0v) is 52.0. The SMILES string of the molecule is CCCCCCC/C=C\C/C=C\C/C=C\CCCCCCCCCCCCC(=O)OCC(COC(=O)CCCCCCCCCCCCCC)OC(=O)CCCCCCCCCCCCCCCCCCCCCCCC. The van der Waals surface area contributed by atoms with Crippen molar-refractivity contribution in [3.05, 3.63) is 36.5 Å². The maximum Gasteiger partial charge on any atom is 0.306 e. The van der Waals surface area contributed by atoms with Crippen molar-refractivity contribution in [2.24, 2.45) is 0 Å². The molecule has 0 spiro atoms. The zero-order chi connectivity index (χ0) is 55.7. The van der Waals surface area contributed by atoms with Gasteiger partial charge < -0.3 is 14.2 Å². The summed E-state index contributed by atoms with van der Waals surface area (Å²) in [6.45, 7) is 6.69. The van der Waals surface area contributed by atoms with Crippen LogP contribution in [0.2, 0.25) is 0 Å². The summed E-state index contributed by atoms with van der Waals surface area (Å²) in [5.74, 6) is -0.843. The van der Waals surface area contributed by atoms with Crippen LogP contribution in [0, 0.1) is 0 Å². The smallest absolute Gasteiger partial charge is 0.306 e. The number of hydrogen-bond donors (Lipinski definition) is 0. The van der Waals surface area contributed by atoms with Crippen LogP contribution in [-0.2, 0) is 28.6 Å². The zero-order valence-electron chi connectivity index (χ0n) is 52.0. The molecule has 0 aromatic rings. The van der Waals surface area contributed by atoms with E-state index in [0.717, 1.165) is 70.6 Å². The van der Waals surface area contributed by atoms with Crippen LogP contribution in [0.1, 0.15) is 380 Å². The molecule has 6 nitrogen and oxygen atoms in total. The van der Waals surface area contributed by atoms with E-state index in [9.17, 15) is 14.4 Å². The van der Waals surface area contributed by atoms with Crippen molar-refractivity contribution in [1.82, 2.24) is 0 Å². The first-order valence-electron chi connectivity index (χ1n) is 34.5. The summed E-state index contributed by atoms with van der Waals surface area (Å²) in [5.41, 5.74) is 0. The van der Waals surface area contributed by atoms with Gasteiger partial charge in [0.1, 0.15) is 13.2 Å².